The molecule has 0 saturated carbocycles. The van der Waals surface area contributed by atoms with Gasteiger partial charge in [0.05, 0.1) is 16.8 Å². The van der Waals surface area contributed by atoms with Crippen molar-refractivity contribution in [3.8, 4) is 5.75 Å². The van der Waals surface area contributed by atoms with Crippen molar-refractivity contribution in [3.63, 3.8) is 0 Å². The summed E-state index contributed by atoms with van der Waals surface area (Å²) in [5.74, 6) is -0.0608. The normalized spacial score (nSPS) is 10.2. The highest BCUT2D eigenvalue weighted by atomic mass is 79.9. The average Bonchev–Trinajstić information content (AvgIpc) is 2.14. The molecular weight excluding hydrogens is 253 g/mol. The summed E-state index contributed by atoms with van der Waals surface area (Å²) in [7, 11) is 1.56. The van der Waals surface area contributed by atoms with E-state index in [1.165, 1.54) is 12.1 Å². The lowest BCUT2D eigenvalue weighted by Gasteiger charge is -2.08. The Morgan fingerprint density at radius 2 is 2.14 bits per heavy atom. The van der Waals surface area contributed by atoms with Gasteiger partial charge in [0.25, 0.3) is 0 Å². The maximum atomic E-state index is 13.1. The highest BCUT2D eigenvalue weighted by molar-refractivity contribution is 9.10. The summed E-state index contributed by atoms with van der Waals surface area (Å²) >= 11 is 3.03. The third-order valence-electron chi connectivity index (χ3n) is 1.60. The Kier molecular flexibility index (Phi) is 4.16. The van der Waals surface area contributed by atoms with Crippen molar-refractivity contribution in [3.05, 3.63) is 22.4 Å². The van der Waals surface area contributed by atoms with Gasteiger partial charge in [0, 0.05) is 13.2 Å². The van der Waals surface area contributed by atoms with Gasteiger partial charge < -0.3 is 15.2 Å². The molecule has 0 amide bonds. The minimum atomic E-state index is -0.397. The molecule has 1 rings (SSSR count). The monoisotopic (exact) mass is 263 g/mol. The second-order valence-corrected chi connectivity index (χ2v) is 3.50. The van der Waals surface area contributed by atoms with E-state index < -0.39 is 5.82 Å². The first-order valence-electron chi connectivity index (χ1n) is 4.01. The van der Waals surface area contributed by atoms with Crippen LogP contribution in [0.2, 0.25) is 0 Å². The highest BCUT2D eigenvalue weighted by Gasteiger charge is 2.06. The van der Waals surface area contributed by atoms with Crippen molar-refractivity contribution in [1.29, 1.82) is 0 Å². The number of nitrogen functional groups attached to an aromatic ring is 1. The molecule has 5 heteroatoms. The van der Waals surface area contributed by atoms with Gasteiger partial charge in [-0.05, 0) is 22.0 Å². The van der Waals surface area contributed by atoms with Crippen LogP contribution >= 0.6 is 15.9 Å². The fraction of sp³-hybridized carbons (Fsp3) is 0.333. The standard InChI is InChI=1S/C9H11BrFNO2/c1-13-2-3-14-9-5-7(11)6(10)4-8(9)12/h4-5H,2-3,12H2,1H3. The van der Waals surface area contributed by atoms with Crippen LogP contribution in [0.15, 0.2) is 16.6 Å². The van der Waals surface area contributed by atoms with Crippen molar-refractivity contribution < 1.29 is 13.9 Å². The smallest absolute Gasteiger partial charge is 0.145 e. The second-order valence-electron chi connectivity index (χ2n) is 2.65. The molecular formula is C9H11BrFNO2. The number of benzene rings is 1. The van der Waals surface area contributed by atoms with Crippen LogP contribution < -0.4 is 10.5 Å². The SMILES string of the molecule is COCCOc1cc(F)c(Br)cc1N. The van der Waals surface area contributed by atoms with E-state index in [0.717, 1.165) is 0 Å². The maximum Gasteiger partial charge on any atom is 0.145 e. The number of halogens is 2. The summed E-state index contributed by atoms with van der Waals surface area (Å²) in [5.41, 5.74) is 6.01. The van der Waals surface area contributed by atoms with E-state index in [1.807, 2.05) is 0 Å². The van der Waals surface area contributed by atoms with Crippen LogP contribution in [0, 0.1) is 5.82 Å². The van der Waals surface area contributed by atoms with Crippen molar-refractivity contribution >= 4 is 21.6 Å². The van der Waals surface area contributed by atoms with Crippen LogP contribution in [-0.2, 0) is 4.74 Å². The van der Waals surface area contributed by atoms with E-state index >= 15 is 0 Å². The molecule has 78 valence electrons. The van der Waals surface area contributed by atoms with Gasteiger partial charge in [0.15, 0.2) is 0 Å². The van der Waals surface area contributed by atoms with E-state index in [-0.39, 0.29) is 0 Å². The van der Waals surface area contributed by atoms with E-state index in [1.54, 1.807) is 7.11 Å². The molecule has 0 aliphatic rings. The van der Waals surface area contributed by atoms with Gasteiger partial charge in [-0.2, -0.15) is 0 Å². The minimum Gasteiger partial charge on any atom is -0.489 e. The van der Waals surface area contributed by atoms with Crippen molar-refractivity contribution in [2.24, 2.45) is 0 Å². The number of methoxy groups -OCH3 is 1. The summed E-state index contributed by atoms with van der Waals surface area (Å²) < 4.78 is 23.4. The molecule has 2 N–H and O–H groups in total. The van der Waals surface area contributed by atoms with Gasteiger partial charge in [-0.25, -0.2) is 4.39 Å². The third-order valence-corrected chi connectivity index (χ3v) is 2.21. The Morgan fingerprint density at radius 3 is 2.79 bits per heavy atom. The average molecular weight is 264 g/mol. The van der Waals surface area contributed by atoms with Crippen LogP contribution in [0.3, 0.4) is 0 Å². The molecule has 3 nitrogen and oxygen atoms in total. The summed E-state index contributed by atoms with van der Waals surface area (Å²) in [5, 5.41) is 0. The van der Waals surface area contributed by atoms with E-state index in [0.29, 0.717) is 29.1 Å². The van der Waals surface area contributed by atoms with Gasteiger partial charge in [0.1, 0.15) is 18.2 Å². The maximum absolute atomic E-state index is 13.1. The van der Waals surface area contributed by atoms with Crippen molar-refractivity contribution in [2.45, 2.75) is 0 Å². The Bertz CT molecular complexity index is 320. The molecule has 0 unspecified atom stereocenters. The predicted octanol–water partition coefficient (Wildman–Crippen LogP) is 2.20. The molecule has 14 heavy (non-hydrogen) atoms. The summed E-state index contributed by atoms with van der Waals surface area (Å²) in [6.45, 7) is 0.791. The minimum absolute atomic E-state index is 0.328. The Hall–Kier alpha value is -0.810. The van der Waals surface area contributed by atoms with Gasteiger partial charge >= 0.3 is 0 Å². The first-order valence-corrected chi connectivity index (χ1v) is 4.80. The van der Waals surface area contributed by atoms with E-state index in [4.69, 9.17) is 15.2 Å². The first kappa shape index (κ1) is 11.3. The Labute approximate surface area is 90.1 Å². The van der Waals surface area contributed by atoms with Crippen LogP contribution in [0.1, 0.15) is 0 Å². The molecule has 0 heterocycles. The molecule has 0 atom stereocenters. The van der Waals surface area contributed by atoms with Gasteiger partial charge in [0.2, 0.25) is 0 Å². The van der Waals surface area contributed by atoms with Gasteiger partial charge in [-0.1, -0.05) is 0 Å². The number of nitrogens with two attached hydrogens (primary N) is 1. The molecule has 1 aromatic rings. The number of rotatable bonds is 4. The predicted molar refractivity (Wildman–Crippen MR) is 55.9 cm³/mol. The zero-order valence-corrected chi connectivity index (χ0v) is 9.30. The second kappa shape index (κ2) is 5.17. The third kappa shape index (κ3) is 2.85. The van der Waals surface area contributed by atoms with Crippen LogP contribution in [0.4, 0.5) is 10.1 Å². The fourth-order valence-corrected chi connectivity index (χ4v) is 1.27. The summed E-state index contributed by atoms with van der Waals surface area (Å²) in [4.78, 5) is 0. The number of hydrogen-bond acceptors (Lipinski definition) is 3. The number of anilines is 1. The topological polar surface area (TPSA) is 44.5 Å². The van der Waals surface area contributed by atoms with Gasteiger partial charge in [-0.15, -0.1) is 0 Å². The molecule has 0 radical (unpaired) electrons. The fourth-order valence-electron chi connectivity index (χ4n) is 0.904. The van der Waals surface area contributed by atoms with E-state index in [2.05, 4.69) is 15.9 Å². The number of ether oxygens (including phenoxy) is 2. The van der Waals surface area contributed by atoms with Crippen LogP contribution in [0.5, 0.6) is 5.75 Å². The Balaban J connectivity index is 2.72. The van der Waals surface area contributed by atoms with E-state index in [9.17, 15) is 4.39 Å². The van der Waals surface area contributed by atoms with Crippen LogP contribution in [0.25, 0.3) is 0 Å². The lowest BCUT2D eigenvalue weighted by Crippen LogP contribution is -2.06. The molecule has 0 bridgehead atoms. The molecule has 0 aromatic heterocycles. The van der Waals surface area contributed by atoms with Crippen LogP contribution in [-0.4, -0.2) is 20.3 Å². The molecule has 0 aliphatic heterocycles. The quantitative estimate of drug-likeness (QED) is 0.669. The highest BCUT2D eigenvalue weighted by Crippen LogP contribution is 2.28. The molecule has 0 fully saturated rings. The largest absolute Gasteiger partial charge is 0.489 e. The summed E-state index contributed by atoms with van der Waals surface area (Å²) in [6, 6.07) is 2.71. The summed E-state index contributed by atoms with van der Waals surface area (Å²) in [6.07, 6.45) is 0. The molecule has 1 aromatic carbocycles. The molecule has 0 spiro atoms. The van der Waals surface area contributed by atoms with Crippen molar-refractivity contribution in [2.75, 3.05) is 26.1 Å². The zero-order chi connectivity index (χ0) is 10.6. The molecule has 0 aliphatic carbocycles. The lowest BCUT2D eigenvalue weighted by atomic mass is 10.3. The number of hydrogen-bond donors (Lipinski definition) is 1. The van der Waals surface area contributed by atoms with Crippen molar-refractivity contribution in [1.82, 2.24) is 0 Å². The first-order chi connectivity index (χ1) is 6.65. The Morgan fingerprint density at radius 1 is 1.43 bits per heavy atom. The lowest BCUT2D eigenvalue weighted by molar-refractivity contribution is 0.146. The molecule has 0 saturated heterocycles. The zero-order valence-electron chi connectivity index (χ0n) is 7.72. The van der Waals surface area contributed by atoms with Gasteiger partial charge in [-0.3, -0.25) is 0 Å².